The minimum atomic E-state index is -4.05. The Hall–Kier alpha value is -1.73. The van der Waals surface area contributed by atoms with Crippen LogP contribution in [0.2, 0.25) is 5.15 Å². The highest BCUT2D eigenvalue weighted by molar-refractivity contribution is 7.92. The van der Waals surface area contributed by atoms with Gasteiger partial charge < -0.3 is 0 Å². The number of hydrogen-bond donors (Lipinski definition) is 1. The number of nitrogens with one attached hydrogen (secondary N) is 1. The summed E-state index contributed by atoms with van der Waals surface area (Å²) in [6, 6.07) is 3.81. The van der Waals surface area contributed by atoms with Crippen LogP contribution in [0.25, 0.3) is 0 Å². The number of anilines is 1. The molecule has 0 aliphatic rings. The summed E-state index contributed by atoms with van der Waals surface area (Å²) in [4.78, 5) is 6.97. The first kappa shape index (κ1) is 13.7. The molecule has 0 aliphatic heterocycles. The fraction of sp³-hybridized carbons (Fsp3) is 0.0909. The third-order valence-corrected chi connectivity index (χ3v) is 3.80. The van der Waals surface area contributed by atoms with Crippen LogP contribution in [0.5, 0.6) is 0 Å². The van der Waals surface area contributed by atoms with Crippen molar-refractivity contribution in [2.45, 2.75) is 11.8 Å². The van der Waals surface area contributed by atoms with Gasteiger partial charge in [-0.15, -0.1) is 0 Å². The monoisotopic (exact) mass is 301 g/mol. The second-order valence-corrected chi connectivity index (χ2v) is 5.80. The van der Waals surface area contributed by atoms with Crippen LogP contribution in [0, 0.1) is 12.7 Å². The van der Waals surface area contributed by atoms with E-state index in [2.05, 4.69) is 14.7 Å². The van der Waals surface area contributed by atoms with Crippen molar-refractivity contribution >= 4 is 27.4 Å². The van der Waals surface area contributed by atoms with E-state index in [0.29, 0.717) is 5.56 Å². The first-order chi connectivity index (χ1) is 8.88. The molecule has 0 radical (unpaired) electrons. The predicted octanol–water partition coefficient (Wildman–Crippen LogP) is 2.38. The maximum absolute atomic E-state index is 13.6. The third-order valence-electron chi connectivity index (χ3n) is 2.24. The van der Waals surface area contributed by atoms with E-state index in [0.717, 1.165) is 12.3 Å². The summed E-state index contributed by atoms with van der Waals surface area (Å²) in [6.45, 7) is 1.67. The maximum Gasteiger partial charge on any atom is 0.266 e. The number of hydrogen-bond acceptors (Lipinski definition) is 4. The van der Waals surface area contributed by atoms with Crippen LogP contribution in [0.15, 0.2) is 35.5 Å². The maximum atomic E-state index is 13.6. The highest BCUT2D eigenvalue weighted by Gasteiger charge is 2.19. The summed E-state index contributed by atoms with van der Waals surface area (Å²) in [6.07, 6.45) is 2.33. The average Bonchev–Trinajstić information content (AvgIpc) is 2.35. The van der Waals surface area contributed by atoms with Crippen LogP contribution in [0.1, 0.15) is 5.56 Å². The number of aryl methyl sites for hydroxylation is 1. The second-order valence-electron chi connectivity index (χ2n) is 3.76. The lowest BCUT2D eigenvalue weighted by Crippen LogP contribution is -2.15. The third kappa shape index (κ3) is 3.18. The number of rotatable bonds is 3. The Labute approximate surface area is 114 Å². The van der Waals surface area contributed by atoms with Gasteiger partial charge in [0.15, 0.2) is 5.82 Å². The van der Waals surface area contributed by atoms with Gasteiger partial charge in [-0.1, -0.05) is 17.7 Å². The van der Waals surface area contributed by atoms with Gasteiger partial charge >= 0.3 is 0 Å². The first-order valence-electron chi connectivity index (χ1n) is 5.15. The minimum Gasteiger partial charge on any atom is -0.262 e. The topological polar surface area (TPSA) is 72.0 Å². The van der Waals surface area contributed by atoms with E-state index in [1.165, 1.54) is 18.3 Å². The molecule has 1 heterocycles. The van der Waals surface area contributed by atoms with E-state index in [-0.39, 0.29) is 11.0 Å². The van der Waals surface area contributed by atoms with Gasteiger partial charge in [0.1, 0.15) is 15.9 Å². The molecule has 1 aromatic carbocycles. The molecule has 0 atom stereocenters. The van der Waals surface area contributed by atoms with Gasteiger partial charge in [-0.3, -0.25) is 4.72 Å². The van der Waals surface area contributed by atoms with Crippen molar-refractivity contribution in [2.75, 3.05) is 4.72 Å². The van der Waals surface area contributed by atoms with Crippen LogP contribution in [-0.2, 0) is 10.0 Å². The molecule has 0 saturated heterocycles. The SMILES string of the molecule is Cc1ccc(F)c(S(=O)(=O)Nc2cnc(Cl)cn2)c1. The smallest absolute Gasteiger partial charge is 0.262 e. The van der Waals surface area contributed by atoms with E-state index in [1.807, 2.05) is 0 Å². The molecule has 0 saturated carbocycles. The van der Waals surface area contributed by atoms with E-state index in [9.17, 15) is 12.8 Å². The van der Waals surface area contributed by atoms with E-state index in [4.69, 9.17) is 11.6 Å². The standard InChI is InChI=1S/C11H9ClFN3O2S/c1-7-2-3-8(13)9(4-7)19(17,18)16-11-6-14-10(12)5-15-11/h2-6H,1H3,(H,15,16). The molecule has 1 aromatic heterocycles. The van der Waals surface area contributed by atoms with Crippen LogP contribution in [-0.4, -0.2) is 18.4 Å². The van der Waals surface area contributed by atoms with Crippen molar-refractivity contribution in [3.8, 4) is 0 Å². The average molecular weight is 302 g/mol. The highest BCUT2D eigenvalue weighted by Crippen LogP contribution is 2.19. The predicted molar refractivity (Wildman–Crippen MR) is 69.0 cm³/mol. The molecule has 0 amide bonds. The van der Waals surface area contributed by atoms with Gasteiger partial charge in [0, 0.05) is 0 Å². The molecule has 2 rings (SSSR count). The minimum absolute atomic E-state index is 0.0368. The number of nitrogens with zero attached hydrogens (tertiary/aromatic N) is 2. The summed E-state index contributed by atoms with van der Waals surface area (Å²) in [5.74, 6) is -0.870. The Morgan fingerprint density at radius 3 is 2.63 bits per heavy atom. The summed E-state index contributed by atoms with van der Waals surface area (Å²) in [5.41, 5.74) is 0.629. The van der Waals surface area contributed by atoms with Crippen molar-refractivity contribution in [1.82, 2.24) is 9.97 Å². The lowest BCUT2D eigenvalue weighted by molar-refractivity contribution is 0.569. The second kappa shape index (κ2) is 5.10. The van der Waals surface area contributed by atoms with Crippen LogP contribution >= 0.6 is 11.6 Å². The fourth-order valence-electron chi connectivity index (χ4n) is 1.37. The summed E-state index contributed by atoms with van der Waals surface area (Å²) in [5, 5.41) is 0.129. The summed E-state index contributed by atoms with van der Waals surface area (Å²) < 4.78 is 39.7. The first-order valence-corrected chi connectivity index (χ1v) is 7.01. The van der Waals surface area contributed by atoms with E-state index < -0.39 is 20.7 Å². The molecule has 1 N–H and O–H groups in total. The lowest BCUT2D eigenvalue weighted by Gasteiger charge is -2.08. The Balaban J connectivity index is 2.37. The highest BCUT2D eigenvalue weighted by atomic mass is 35.5. The van der Waals surface area contributed by atoms with Crippen molar-refractivity contribution in [2.24, 2.45) is 0 Å². The Morgan fingerprint density at radius 1 is 1.26 bits per heavy atom. The van der Waals surface area contributed by atoms with Gasteiger partial charge in [0.25, 0.3) is 10.0 Å². The van der Waals surface area contributed by atoms with E-state index in [1.54, 1.807) is 6.92 Å². The number of sulfonamides is 1. The molecular formula is C11H9ClFN3O2S. The van der Waals surface area contributed by atoms with Gasteiger partial charge in [-0.2, -0.15) is 0 Å². The zero-order chi connectivity index (χ0) is 14.0. The van der Waals surface area contributed by atoms with Crippen LogP contribution < -0.4 is 4.72 Å². The summed E-state index contributed by atoms with van der Waals surface area (Å²) in [7, 11) is -4.05. The molecule has 8 heteroatoms. The van der Waals surface area contributed by atoms with Gasteiger partial charge in [0.05, 0.1) is 12.4 Å². The molecule has 0 aliphatic carbocycles. The fourth-order valence-corrected chi connectivity index (χ4v) is 2.63. The lowest BCUT2D eigenvalue weighted by atomic mass is 10.2. The Kier molecular flexibility index (Phi) is 3.68. The van der Waals surface area contributed by atoms with Crippen molar-refractivity contribution in [3.05, 3.63) is 47.1 Å². The van der Waals surface area contributed by atoms with Gasteiger partial charge in [0.2, 0.25) is 0 Å². The Bertz CT molecular complexity index is 704. The quantitative estimate of drug-likeness (QED) is 0.945. The number of halogens is 2. The Morgan fingerprint density at radius 2 is 2.00 bits per heavy atom. The molecule has 2 aromatic rings. The molecule has 0 bridgehead atoms. The molecular weight excluding hydrogens is 293 g/mol. The van der Waals surface area contributed by atoms with Crippen molar-refractivity contribution < 1.29 is 12.8 Å². The van der Waals surface area contributed by atoms with Crippen molar-refractivity contribution in [3.63, 3.8) is 0 Å². The normalized spacial score (nSPS) is 11.3. The molecule has 19 heavy (non-hydrogen) atoms. The van der Waals surface area contributed by atoms with Gasteiger partial charge in [-0.25, -0.2) is 22.8 Å². The molecule has 5 nitrogen and oxygen atoms in total. The van der Waals surface area contributed by atoms with Crippen LogP contribution in [0.4, 0.5) is 10.2 Å². The zero-order valence-electron chi connectivity index (χ0n) is 9.76. The number of benzene rings is 1. The largest absolute Gasteiger partial charge is 0.266 e. The van der Waals surface area contributed by atoms with Crippen molar-refractivity contribution in [1.29, 1.82) is 0 Å². The van der Waals surface area contributed by atoms with E-state index >= 15 is 0 Å². The van der Waals surface area contributed by atoms with Crippen LogP contribution in [0.3, 0.4) is 0 Å². The summed E-state index contributed by atoms with van der Waals surface area (Å²) >= 11 is 5.54. The zero-order valence-corrected chi connectivity index (χ0v) is 11.3. The molecule has 0 spiro atoms. The molecule has 0 fully saturated rings. The molecule has 0 unspecified atom stereocenters. The molecule has 100 valence electrons. The van der Waals surface area contributed by atoms with Gasteiger partial charge in [-0.05, 0) is 24.6 Å². The number of aromatic nitrogens is 2.